The van der Waals surface area contributed by atoms with Crippen LogP contribution >= 0.6 is 0 Å². The molecular weight excluding hydrogens is 257 g/mol. The molecule has 112 valence electrons. The van der Waals surface area contributed by atoms with Crippen LogP contribution in [-0.4, -0.2) is 23.0 Å². The highest BCUT2D eigenvalue weighted by Crippen LogP contribution is 2.22. The van der Waals surface area contributed by atoms with E-state index in [9.17, 15) is 14.3 Å². The highest BCUT2D eigenvalue weighted by molar-refractivity contribution is 5.99. The fraction of sp³-hybridized carbons (Fsp3) is 0.562. The zero-order chi connectivity index (χ0) is 15.3. The Morgan fingerprint density at radius 3 is 2.65 bits per heavy atom. The molecule has 20 heavy (non-hydrogen) atoms. The molecule has 0 aliphatic heterocycles. The van der Waals surface area contributed by atoms with Crippen molar-refractivity contribution in [1.29, 1.82) is 0 Å². The summed E-state index contributed by atoms with van der Waals surface area (Å²) in [6.45, 7) is 7.56. The second kappa shape index (κ2) is 6.84. The second-order valence-corrected chi connectivity index (χ2v) is 6.00. The van der Waals surface area contributed by atoms with E-state index in [0.717, 1.165) is 6.42 Å². The molecule has 1 atom stereocenters. The molecule has 0 saturated heterocycles. The third kappa shape index (κ3) is 4.93. The molecule has 0 fully saturated rings. The van der Waals surface area contributed by atoms with E-state index in [2.05, 4.69) is 19.2 Å². The van der Waals surface area contributed by atoms with Gasteiger partial charge in [-0.2, -0.15) is 0 Å². The first kappa shape index (κ1) is 16.6. The Hall–Kier alpha value is -1.42. The molecule has 0 aliphatic carbocycles. The number of Topliss-reactive ketones (excluding diaryl/α,β-unsaturated/α-hetero) is 1. The lowest BCUT2D eigenvalue weighted by molar-refractivity contribution is 0.0585. The normalized spacial score (nSPS) is 14.2. The number of carbonyl (C=O) groups excluding carboxylic acids is 1. The van der Waals surface area contributed by atoms with Crippen molar-refractivity contribution in [3.8, 4) is 0 Å². The molecule has 0 aliphatic rings. The molecule has 0 saturated carbocycles. The maximum absolute atomic E-state index is 13.7. The summed E-state index contributed by atoms with van der Waals surface area (Å²) in [5.74, 6) is -0.347. The van der Waals surface area contributed by atoms with Gasteiger partial charge in [0.15, 0.2) is 5.78 Å². The zero-order valence-electron chi connectivity index (χ0n) is 12.7. The molecule has 0 aromatic heterocycles. The standard InChI is InChI=1S/C16H24FNO2/c1-11(2)8-9-16(4,20)10-18-14-7-5-6-13(17)15(14)12(3)19/h5-7,11,18,20H,8-10H2,1-4H3. The Bertz CT molecular complexity index is 470. The van der Waals surface area contributed by atoms with Crippen LogP contribution in [0.25, 0.3) is 0 Å². The van der Waals surface area contributed by atoms with Crippen LogP contribution in [0.3, 0.4) is 0 Å². The van der Waals surface area contributed by atoms with Crippen LogP contribution in [0.2, 0.25) is 0 Å². The molecule has 0 amide bonds. The first-order chi connectivity index (χ1) is 9.23. The molecule has 1 aromatic rings. The van der Waals surface area contributed by atoms with E-state index >= 15 is 0 Å². The molecule has 2 N–H and O–H groups in total. The molecule has 1 unspecified atom stereocenters. The van der Waals surface area contributed by atoms with Gasteiger partial charge in [0.05, 0.1) is 11.2 Å². The minimum absolute atomic E-state index is 0.0483. The number of anilines is 1. The van der Waals surface area contributed by atoms with Crippen LogP contribution in [0.15, 0.2) is 18.2 Å². The van der Waals surface area contributed by atoms with Gasteiger partial charge in [0.2, 0.25) is 0 Å². The number of rotatable bonds is 7. The minimum Gasteiger partial charge on any atom is -0.388 e. The smallest absolute Gasteiger partial charge is 0.164 e. The van der Waals surface area contributed by atoms with E-state index in [1.807, 2.05) is 0 Å². The first-order valence-electron chi connectivity index (χ1n) is 6.98. The SMILES string of the molecule is CC(=O)c1c(F)cccc1NCC(C)(O)CCC(C)C. The molecule has 0 bridgehead atoms. The molecule has 4 heteroatoms. The molecule has 1 aromatic carbocycles. The van der Waals surface area contributed by atoms with E-state index in [1.54, 1.807) is 19.1 Å². The average molecular weight is 281 g/mol. The topological polar surface area (TPSA) is 49.3 Å². The van der Waals surface area contributed by atoms with E-state index in [0.29, 0.717) is 18.0 Å². The lowest BCUT2D eigenvalue weighted by atomic mass is 9.95. The second-order valence-electron chi connectivity index (χ2n) is 6.00. The van der Waals surface area contributed by atoms with Crippen molar-refractivity contribution in [3.63, 3.8) is 0 Å². The Morgan fingerprint density at radius 1 is 1.45 bits per heavy atom. The summed E-state index contributed by atoms with van der Waals surface area (Å²) < 4.78 is 13.7. The molecule has 0 radical (unpaired) electrons. The molecule has 0 heterocycles. The maximum atomic E-state index is 13.7. The number of hydrogen-bond acceptors (Lipinski definition) is 3. The Balaban J connectivity index is 2.75. The Labute approximate surface area is 120 Å². The molecule has 3 nitrogen and oxygen atoms in total. The monoisotopic (exact) mass is 281 g/mol. The van der Waals surface area contributed by atoms with Crippen LogP contribution in [0.4, 0.5) is 10.1 Å². The molecule has 0 spiro atoms. The van der Waals surface area contributed by atoms with Crippen molar-refractivity contribution < 1.29 is 14.3 Å². The summed E-state index contributed by atoms with van der Waals surface area (Å²) >= 11 is 0. The largest absolute Gasteiger partial charge is 0.388 e. The lowest BCUT2D eigenvalue weighted by Crippen LogP contribution is -2.34. The fourth-order valence-corrected chi connectivity index (χ4v) is 2.00. The van der Waals surface area contributed by atoms with Crippen molar-refractivity contribution in [1.82, 2.24) is 0 Å². The third-order valence-electron chi connectivity index (χ3n) is 3.29. The van der Waals surface area contributed by atoms with Crippen LogP contribution in [0.1, 0.15) is 50.9 Å². The number of benzene rings is 1. The van der Waals surface area contributed by atoms with Crippen LogP contribution in [0.5, 0.6) is 0 Å². The Kier molecular flexibility index (Phi) is 5.69. The summed E-state index contributed by atoms with van der Waals surface area (Å²) in [6.07, 6.45) is 1.57. The van der Waals surface area contributed by atoms with Gasteiger partial charge < -0.3 is 10.4 Å². The predicted molar refractivity (Wildman–Crippen MR) is 79.6 cm³/mol. The minimum atomic E-state index is -0.884. The van der Waals surface area contributed by atoms with Gasteiger partial charge in [-0.3, -0.25) is 4.79 Å². The highest BCUT2D eigenvalue weighted by Gasteiger charge is 2.21. The maximum Gasteiger partial charge on any atom is 0.164 e. The van der Waals surface area contributed by atoms with E-state index in [-0.39, 0.29) is 17.9 Å². The van der Waals surface area contributed by atoms with Gasteiger partial charge in [-0.15, -0.1) is 0 Å². The zero-order valence-corrected chi connectivity index (χ0v) is 12.7. The summed E-state index contributed by atoms with van der Waals surface area (Å²) in [5.41, 5.74) is -0.403. The number of halogens is 1. The van der Waals surface area contributed by atoms with Gasteiger partial charge in [-0.1, -0.05) is 19.9 Å². The summed E-state index contributed by atoms with van der Waals surface area (Å²) in [4.78, 5) is 11.5. The first-order valence-corrected chi connectivity index (χ1v) is 6.98. The van der Waals surface area contributed by atoms with Crippen LogP contribution < -0.4 is 5.32 Å². The van der Waals surface area contributed by atoms with Gasteiger partial charge in [0.1, 0.15) is 5.82 Å². The van der Waals surface area contributed by atoms with Crippen molar-refractivity contribution in [3.05, 3.63) is 29.6 Å². The number of nitrogens with one attached hydrogen (secondary N) is 1. The fourth-order valence-electron chi connectivity index (χ4n) is 2.00. The lowest BCUT2D eigenvalue weighted by Gasteiger charge is -2.25. The summed E-state index contributed by atoms with van der Waals surface area (Å²) in [5, 5.41) is 13.3. The number of hydrogen-bond donors (Lipinski definition) is 2. The number of carbonyl (C=O) groups is 1. The van der Waals surface area contributed by atoms with Crippen LogP contribution in [-0.2, 0) is 0 Å². The number of ketones is 1. The van der Waals surface area contributed by atoms with Crippen molar-refractivity contribution in [2.75, 3.05) is 11.9 Å². The van der Waals surface area contributed by atoms with E-state index in [1.165, 1.54) is 13.0 Å². The molecule has 1 rings (SSSR count). The molecular formula is C16H24FNO2. The van der Waals surface area contributed by atoms with Crippen molar-refractivity contribution in [2.45, 2.75) is 46.1 Å². The Morgan fingerprint density at radius 2 is 2.10 bits per heavy atom. The van der Waals surface area contributed by atoms with Gasteiger partial charge in [-0.25, -0.2) is 4.39 Å². The summed E-state index contributed by atoms with van der Waals surface area (Å²) in [7, 11) is 0. The van der Waals surface area contributed by atoms with Crippen LogP contribution in [0, 0.1) is 11.7 Å². The quantitative estimate of drug-likeness (QED) is 0.750. The van der Waals surface area contributed by atoms with Crippen molar-refractivity contribution in [2.24, 2.45) is 5.92 Å². The van der Waals surface area contributed by atoms with Crippen molar-refractivity contribution >= 4 is 11.5 Å². The van der Waals surface area contributed by atoms with Gasteiger partial charge in [0, 0.05) is 12.2 Å². The summed E-state index contributed by atoms with van der Waals surface area (Å²) in [6, 6.07) is 4.46. The average Bonchev–Trinajstić information content (AvgIpc) is 2.34. The number of aliphatic hydroxyl groups is 1. The van der Waals surface area contributed by atoms with Gasteiger partial charge in [0.25, 0.3) is 0 Å². The van der Waals surface area contributed by atoms with E-state index in [4.69, 9.17) is 0 Å². The van der Waals surface area contributed by atoms with Gasteiger partial charge in [-0.05, 0) is 44.7 Å². The van der Waals surface area contributed by atoms with E-state index < -0.39 is 11.4 Å². The third-order valence-corrected chi connectivity index (χ3v) is 3.29. The highest BCUT2D eigenvalue weighted by atomic mass is 19.1. The predicted octanol–water partition coefficient (Wildman–Crippen LogP) is 3.63. The van der Waals surface area contributed by atoms with Gasteiger partial charge >= 0.3 is 0 Å².